The summed E-state index contributed by atoms with van der Waals surface area (Å²) in [4.78, 5) is 4.54. The van der Waals surface area contributed by atoms with Crippen molar-refractivity contribution in [1.29, 1.82) is 0 Å². The van der Waals surface area contributed by atoms with E-state index in [9.17, 15) is 5.11 Å². The van der Waals surface area contributed by atoms with Gasteiger partial charge < -0.3 is 15.7 Å². The second-order valence-electron chi connectivity index (χ2n) is 4.85. The minimum atomic E-state index is 0.264. The fourth-order valence-electron chi connectivity index (χ4n) is 2.00. The third-order valence-electron chi connectivity index (χ3n) is 3.02. The molecule has 22 heavy (non-hydrogen) atoms. The first-order chi connectivity index (χ1) is 10.7. The van der Waals surface area contributed by atoms with Gasteiger partial charge in [0.1, 0.15) is 5.75 Å². The number of hydrogen-bond donors (Lipinski definition) is 3. The average molecular weight is 318 g/mol. The lowest BCUT2D eigenvalue weighted by molar-refractivity contribution is 0.474. The van der Waals surface area contributed by atoms with E-state index in [1.807, 2.05) is 43.3 Å². The SMILES string of the molecule is CCNC(=NCc1cccc(Cl)c1)NCc1cccc(O)c1. The maximum Gasteiger partial charge on any atom is 0.191 e. The molecule has 0 saturated carbocycles. The molecule has 2 rings (SSSR count). The van der Waals surface area contributed by atoms with E-state index in [0.717, 1.165) is 23.6 Å². The molecule has 3 N–H and O–H groups in total. The van der Waals surface area contributed by atoms with Crippen molar-refractivity contribution in [3.63, 3.8) is 0 Å². The molecule has 0 amide bonds. The Hall–Kier alpha value is -2.20. The van der Waals surface area contributed by atoms with Gasteiger partial charge in [0.05, 0.1) is 6.54 Å². The number of phenolic OH excluding ortho intramolecular Hbond substituents is 1. The Morgan fingerprint density at radius 2 is 1.86 bits per heavy atom. The van der Waals surface area contributed by atoms with Crippen LogP contribution >= 0.6 is 11.6 Å². The minimum Gasteiger partial charge on any atom is -0.508 e. The standard InChI is InChI=1S/C17H20ClN3O/c1-2-19-17(20-11-13-5-3-7-15(18)9-13)21-12-14-6-4-8-16(22)10-14/h3-10,22H,2,11-12H2,1H3,(H2,19,20,21). The number of halogens is 1. The smallest absolute Gasteiger partial charge is 0.191 e. The first kappa shape index (κ1) is 16.2. The van der Waals surface area contributed by atoms with Crippen LogP contribution in [0.4, 0.5) is 0 Å². The largest absolute Gasteiger partial charge is 0.508 e. The molecule has 0 aliphatic heterocycles. The molecule has 0 aliphatic carbocycles. The Kier molecular flexibility index (Phi) is 6.10. The molecule has 0 bridgehead atoms. The third kappa shape index (κ3) is 5.30. The quantitative estimate of drug-likeness (QED) is 0.586. The Balaban J connectivity index is 1.98. The molecule has 0 spiro atoms. The van der Waals surface area contributed by atoms with Gasteiger partial charge in [-0.2, -0.15) is 0 Å². The Morgan fingerprint density at radius 3 is 2.59 bits per heavy atom. The summed E-state index contributed by atoms with van der Waals surface area (Å²) in [6, 6.07) is 14.8. The molecule has 116 valence electrons. The molecule has 0 aliphatic rings. The molecule has 0 unspecified atom stereocenters. The number of benzene rings is 2. The van der Waals surface area contributed by atoms with E-state index in [1.54, 1.807) is 12.1 Å². The highest BCUT2D eigenvalue weighted by Gasteiger charge is 2.00. The van der Waals surface area contributed by atoms with Crippen LogP contribution in [0, 0.1) is 0 Å². The van der Waals surface area contributed by atoms with Gasteiger partial charge in [-0.15, -0.1) is 0 Å². The van der Waals surface area contributed by atoms with Gasteiger partial charge in [0.25, 0.3) is 0 Å². The molecule has 0 aromatic heterocycles. The monoisotopic (exact) mass is 317 g/mol. The van der Waals surface area contributed by atoms with Gasteiger partial charge in [0, 0.05) is 18.1 Å². The normalized spacial score (nSPS) is 11.3. The van der Waals surface area contributed by atoms with Crippen LogP contribution in [0.5, 0.6) is 5.75 Å². The van der Waals surface area contributed by atoms with Gasteiger partial charge in [-0.3, -0.25) is 0 Å². The van der Waals surface area contributed by atoms with E-state index in [0.29, 0.717) is 18.1 Å². The lowest BCUT2D eigenvalue weighted by Crippen LogP contribution is -2.36. The maximum atomic E-state index is 9.47. The van der Waals surface area contributed by atoms with Crippen molar-refractivity contribution >= 4 is 17.6 Å². The topological polar surface area (TPSA) is 56.7 Å². The fraction of sp³-hybridized carbons (Fsp3) is 0.235. The predicted molar refractivity (Wildman–Crippen MR) is 91.2 cm³/mol. The summed E-state index contributed by atoms with van der Waals surface area (Å²) in [5.74, 6) is 0.992. The number of guanidine groups is 1. The molecule has 0 radical (unpaired) electrons. The lowest BCUT2D eigenvalue weighted by Gasteiger charge is -2.11. The molecule has 0 fully saturated rings. The van der Waals surface area contributed by atoms with E-state index in [4.69, 9.17) is 11.6 Å². The van der Waals surface area contributed by atoms with Gasteiger partial charge in [-0.05, 0) is 42.3 Å². The van der Waals surface area contributed by atoms with Gasteiger partial charge in [0.2, 0.25) is 0 Å². The Labute approximate surface area is 135 Å². The zero-order chi connectivity index (χ0) is 15.8. The van der Waals surface area contributed by atoms with Crippen molar-refractivity contribution in [2.75, 3.05) is 6.54 Å². The highest BCUT2D eigenvalue weighted by molar-refractivity contribution is 6.30. The van der Waals surface area contributed by atoms with Gasteiger partial charge in [-0.25, -0.2) is 4.99 Å². The van der Waals surface area contributed by atoms with Crippen molar-refractivity contribution in [3.8, 4) is 5.75 Å². The molecular weight excluding hydrogens is 298 g/mol. The van der Waals surface area contributed by atoms with E-state index >= 15 is 0 Å². The van der Waals surface area contributed by atoms with Gasteiger partial charge in [0.15, 0.2) is 5.96 Å². The molecule has 2 aromatic rings. The number of phenols is 1. The van der Waals surface area contributed by atoms with Crippen molar-refractivity contribution in [3.05, 3.63) is 64.7 Å². The van der Waals surface area contributed by atoms with E-state index < -0.39 is 0 Å². The maximum absolute atomic E-state index is 9.47. The number of aliphatic imine (C=N–C) groups is 1. The highest BCUT2D eigenvalue weighted by atomic mass is 35.5. The molecular formula is C17H20ClN3O. The summed E-state index contributed by atoms with van der Waals surface area (Å²) >= 11 is 5.97. The summed E-state index contributed by atoms with van der Waals surface area (Å²) in [6.45, 7) is 3.94. The van der Waals surface area contributed by atoms with Crippen LogP contribution in [-0.2, 0) is 13.1 Å². The van der Waals surface area contributed by atoms with Crippen molar-refractivity contribution < 1.29 is 5.11 Å². The summed E-state index contributed by atoms with van der Waals surface area (Å²) in [6.07, 6.45) is 0. The number of nitrogens with zero attached hydrogens (tertiary/aromatic N) is 1. The molecule has 0 saturated heterocycles. The zero-order valence-electron chi connectivity index (χ0n) is 12.5. The first-order valence-corrected chi connectivity index (χ1v) is 7.59. The fourth-order valence-corrected chi connectivity index (χ4v) is 2.21. The molecule has 0 atom stereocenters. The van der Waals surface area contributed by atoms with Crippen LogP contribution in [0.3, 0.4) is 0 Å². The van der Waals surface area contributed by atoms with Crippen molar-refractivity contribution in [2.24, 2.45) is 4.99 Å². The number of aromatic hydroxyl groups is 1. The zero-order valence-corrected chi connectivity index (χ0v) is 13.3. The lowest BCUT2D eigenvalue weighted by atomic mass is 10.2. The number of hydrogen-bond acceptors (Lipinski definition) is 2. The second-order valence-corrected chi connectivity index (χ2v) is 5.28. The summed E-state index contributed by atoms with van der Waals surface area (Å²) < 4.78 is 0. The second kappa shape index (κ2) is 8.29. The summed E-state index contributed by atoms with van der Waals surface area (Å²) in [5, 5.41) is 16.6. The number of nitrogens with one attached hydrogen (secondary N) is 2. The molecule has 2 aromatic carbocycles. The molecule has 0 heterocycles. The molecule has 4 nitrogen and oxygen atoms in total. The van der Waals surface area contributed by atoms with E-state index in [2.05, 4.69) is 15.6 Å². The third-order valence-corrected chi connectivity index (χ3v) is 3.26. The highest BCUT2D eigenvalue weighted by Crippen LogP contribution is 2.12. The first-order valence-electron chi connectivity index (χ1n) is 7.22. The average Bonchev–Trinajstić information content (AvgIpc) is 2.50. The van der Waals surface area contributed by atoms with Crippen molar-refractivity contribution in [1.82, 2.24) is 10.6 Å². The number of rotatable bonds is 5. The Morgan fingerprint density at radius 1 is 1.09 bits per heavy atom. The summed E-state index contributed by atoms with van der Waals surface area (Å²) in [5.41, 5.74) is 2.05. The van der Waals surface area contributed by atoms with Gasteiger partial charge in [-0.1, -0.05) is 35.9 Å². The predicted octanol–water partition coefficient (Wildman–Crippen LogP) is 3.30. The van der Waals surface area contributed by atoms with Crippen LogP contribution in [0.1, 0.15) is 18.1 Å². The van der Waals surface area contributed by atoms with E-state index in [1.165, 1.54) is 0 Å². The molecule has 5 heteroatoms. The van der Waals surface area contributed by atoms with E-state index in [-0.39, 0.29) is 5.75 Å². The van der Waals surface area contributed by atoms with Crippen molar-refractivity contribution in [2.45, 2.75) is 20.0 Å². The van der Waals surface area contributed by atoms with Crippen LogP contribution < -0.4 is 10.6 Å². The Bertz CT molecular complexity index is 643. The van der Waals surface area contributed by atoms with Crippen LogP contribution in [0.25, 0.3) is 0 Å². The van der Waals surface area contributed by atoms with Crippen LogP contribution in [0.2, 0.25) is 5.02 Å². The van der Waals surface area contributed by atoms with Gasteiger partial charge >= 0.3 is 0 Å². The summed E-state index contributed by atoms with van der Waals surface area (Å²) in [7, 11) is 0. The van der Waals surface area contributed by atoms with Crippen LogP contribution in [-0.4, -0.2) is 17.6 Å². The minimum absolute atomic E-state index is 0.264. The van der Waals surface area contributed by atoms with Crippen LogP contribution in [0.15, 0.2) is 53.5 Å².